The average molecular weight is 344 g/mol. The average Bonchev–Trinajstić information content (AvgIpc) is 3.16. The predicted molar refractivity (Wildman–Crippen MR) is 94.3 cm³/mol. The van der Waals surface area contributed by atoms with Crippen LogP contribution < -0.4 is 5.73 Å². The van der Waals surface area contributed by atoms with Crippen molar-refractivity contribution in [1.82, 2.24) is 9.66 Å². The van der Waals surface area contributed by atoms with Crippen LogP contribution in [0.3, 0.4) is 0 Å². The predicted octanol–water partition coefficient (Wildman–Crippen LogP) is 2.24. The van der Waals surface area contributed by atoms with Crippen LogP contribution in [0.4, 0.5) is 0 Å². The fourth-order valence-electron chi connectivity index (χ4n) is 5.34. The van der Waals surface area contributed by atoms with Crippen molar-refractivity contribution >= 4 is 5.71 Å². The lowest BCUT2D eigenvalue weighted by Gasteiger charge is -2.39. The smallest absolute Gasteiger partial charge is 0.147 e. The summed E-state index contributed by atoms with van der Waals surface area (Å²) in [5.74, 6) is 2.70. The molecule has 2 saturated carbocycles. The maximum atomic E-state index is 6.15. The minimum atomic E-state index is 0.240. The number of fused-ring (bicyclic) bond motifs is 3. The van der Waals surface area contributed by atoms with Gasteiger partial charge >= 0.3 is 0 Å². The van der Waals surface area contributed by atoms with Crippen molar-refractivity contribution in [2.75, 3.05) is 6.79 Å². The number of ether oxygens (including phenoxy) is 2. The molecule has 0 amide bonds. The zero-order valence-electron chi connectivity index (χ0n) is 14.9. The van der Waals surface area contributed by atoms with Gasteiger partial charge in [0.15, 0.2) is 0 Å². The zero-order chi connectivity index (χ0) is 17.0. The van der Waals surface area contributed by atoms with Crippen molar-refractivity contribution in [3.63, 3.8) is 0 Å². The van der Waals surface area contributed by atoms with E-state index in [1.807, 2.05) is 6.20 Å². The third-order valence-electron chi connectivity index (χ3n) is 6.78. The quantitative estimate of drug-likeness (QED) is 0.848. The van der Waals surface area contributed by atoms with Crippen molar-refractivity contribution in [2.24, 2.45) is 28.6 Å². The molecule has 1 aromatic heterocycles. The van der Waals surface area contributed by atoms with E-state index in [-0.39, 0.29) is 12.2 Å². The van der Waals surface area contributed by atoms with Gasteiger partial charge in [-0.1, -0.05) is 0 Å². The molecule has 6 nitrogen and oxygen atoms in total. The van der Waals surface area contributed by atoms with E-state index in [0.717, 1.165) is 56.5 Å². The third-order valence-corrected chi connectivity index (χ3v) is 6.78. The van der Waals surface area contributed by atoms with Gasteiger partial charge in [0, 0.05) is 24.1 Å². The van der Waals surface area contributed by atoms with Crippen LogP contribution in [0.15, 0.2) is 11.3 Å². The summed E-state index contributed by atoms with van der Waals surface area (Å²) in [6.07, 6.45) is 10.1. The van der Waals surface area contributed by atoms with Crippen LogP contribution in [0.25, 0.3) is 0 Å². The molecule has 3 fully saturated rings. The number of imidazole rings is 1. The molecule has 3 heterocycles. The highest BCUT2D eigenvalue weighted by Gasteiger charge is 2.46. The molecular weight excluding hydrogens is 316 g/mol. The third kappa shape index (κ3) is 2.75. The molecule has 0 radical (unpaired) electrons. The van der Waals surface area contributed by atoms with Crippen molar-refractivity contribution in [3.8, 4) is 0 Å². The van der Waals surface area contributed by atoms with Crippen molar-refractivity contribution in [2.45, 2.75) is 70.1 Å². The molecule has 2 aliphatic carbocycles. The van der Waals surface area contributed by atoms with Crippen LogP contribution in [0.1, 0.15) is 50.0 Å². The van der Waals surface area contributed by atoms with E-state index in [1.165, 1.54) is 5.71 Å². The first-order chi connectivity index (χ1) is 12.2. The van der Waals surface area contributed by atoms with Crippen molar-refractivity contribution in [3.05, 3.63) is 17.7 Å². The van der Waals surface area contributed by atoms with Crippen LogP contribution >= 0.6 is 0 Å². The Morgan fingerprint density at radius 2 is 1.88 bits per heavy atom. The minimum Gasteiger partial charge on any atom is -0.349 e. The summed E-state index contributed by atoms with van der Waals surface area (Å²) in [6.45, 7) is 2.55. The number of aryl methyl sites for hydroxylation is 1. The highest BCUT2D eigenvalue weighted by Crippen LogP contribution is 2.43. The molecule has 0 bridgehead atoms. The van der Waals surface area contributed by atoms with Gasteiger partial charge in [-0.05, 0) is 57.3 Å². The first-order valence-electron chi connectivity index (χ1n) is 9.80. The second-order valence-corrected chi connectivity index (χ2v) is 8.33. The summed E-state index contributed by atoms with van der Waals surface area (Å²) >= 11 is 0. The Bertz CT molecular complexity index is 677. The standard InChI is InChI=1S/C19H28N4O2/c1-11-9-21-18-7-13-6-16-17(25-10-24-16)8-15(13)19(22-23(11)18)12-2-4-14(20)5-3-12/h9,12-17H,2-8,10,20H2,1H3. The van der Waals surface area contributed by atoms with Gasteiger partial charge in [0.25, 0.3) is 0 Å². The van der Waals surface area contributed by atoms with Crippen molar-refractivity contribution in [1.29, 1.82) is 0 Å². The van der Waals surface area contributed by atoms with E-state index in [0.29, 0.717) is 30.6 Å². The highest BCUT2D eigenvalue weighted by molar-refractivity contribution is 5.89. The number of nitrogens with zero attached hydrogens (tertiary/aromatic N) is 3. The molecule has 0 spiro atoms. The zero-order valence-corrected chi connectivity index (χ0v) is 14.9. The molecule has 2 N–H and O–H groups in total. The normalized spacial score (nSPS) is 40.6. The Kier molecular flexibility index (Phi) is 3.95. The molecule has 4 aliphatic rings. The van der Waals surface area contributed by atoms with Crippen molar-refractivity contribution < 1.29 is 9.47 Å². The molecule has 5 rings (SSSR count). The Hall–Kier alpha value is -1.24. The molecule has 0 aromatic carbocycles. The van der Waals surface area contributed by atoms with Gasteiger partial charge in [0.2, 0.25) is 0 Å². The van der Waals surface area contributed by atoms with Gasteiger partial charge in [0.1, 0.15) is 12.6 Å². The van der Waals surface area contributed by atoms with E-state index in [4.69, 9.17) is 20.3 Å². The summed E-state index contributed by atoms with van der Waals surface area (Å²) in [5.41, 5.74) is 8.66. The molecular formula is C19H28N4O2. The topological polar surface area (TPSA) is 74.7 Å². The maximum Gasteiger partial charge on any atom is 0.147 e. The van der Waals surface area contributed by atoms with Crippen LogP contribution in [0.5, 0.6) is 0 Å². The van der Waals surface area contributed by atoms with E-state index in [9.17, 15) is 0 Å². The van der Waals surface area contributed by atoms with Gasteiger partial charge in [-0.15, -0.1) is 0 Å². The van der Waals surface area contributed by atoms with Crippen LogP contribution in [0.2, 0.25) is 0 Å². The minimum absolute atomic E-state index is 0.240. The molecule has 6 heteroatoms. The van der Waals surface area contributed by atoms with Gasteiger partial charge < -0.3 is 15.2 Å². The molecule has 4 atom stereocenters. The van der Waals surface area contributed by atoms with Gasteiger partial charge in [-0.3, -0.25) is 0 Å². The second-order valence-electron chi connectivity index (χ2n) is 8.33. The lowest BCUT2D eigenvalue weighted by atomic mass is 9.68. The largest absolute Gasteiger partial charge is 0.349 e. The summed E-state index contributed by atoms with van der Waals surface area (Å²) in [6, 6.07) is 0.367. The number of hydrogen-bond acceptors (Lipinski definition) is 5. The fraction of sp³-hybridized carbons (Fsp3) is 0.789. The second kappa shape index (κ2) is 6.18. The molecule has 2 aliphatic heterocycles. The fourth-order valence-corrected chi connectivity index (χ4v) is 5.34. The van der Waals surface area contributed by atoms with Crippen LogP contribution in [0, 0.1) is 24.7 Å². The molecule has 4 unspecified atom stereocenters. The maximum absolute atomic E-state index is 6.15. The first kappa shape index (κ1) is 16.0. The summed E-state index contributed by atoms with van der Waals surface area (Å²) in [5, 5.41) is 5.18. The van der Waals surface area contributed by atoms with Gasteiger partial charge in [-0.25, -0.2) is 9.66 Å². The Morgan fingerprint density at radius 3 is 2.68 bits per heavy atom. The number of aromatic nitrogens is 2. The molecule has 136 valence electrons. The first-order valence-corrected chi connectivity index (χ1v) is 9.80. The molecule has 1 saturated heterocycles. The molecule has 25 heavy (non-hydrogen) atoms. The summed E-state index contributed by atoms with van der Waals surface area (Å²) in [4.78, 5) is 4.65. The highest BCUT2D eigenvalue weighted by atomic mass is 16.7. The summed E-state index contributed by atoms with van der Waals surface area (Å²) in [7, 11) is 0. The van der Waals surface area contributed by atoms with E-state index in [2.05, 4.69) is 16.6 Å². The van der Waals surface area contributed by atoms with Crippen LogP contribution in [-0.2, 0) is 15.9 Å². The lowest BCUT2D eigenvalue weighted by Crippen LogP contribution is -2.43. The van der Waals surface area contributed by atoms with Gasteiger partial charge in [-0.2, -0.15) is 5.10 Å². The number of hydrogen-bond donors (Lipinski definition) is 1. The lowest BCUT2D eigenvalue weighted by molar-refractivity contribution is 0.0388. The Labute approximate surface area is 148 Å². The monoisotopic (exact) mass is 344 g/mol. The molecule has 1 aromatic rings. The van der Waals surface area contributed by atoms with E-state index >= 15 is 0 Å². The number of nitrogens with two attached hydrogens (primary N) is 1. The SMILES string of the molecule is Cc1cnc2n1N=C(C1CCC(N)CC1)C1CC3OCOC3CC1C2. The Balaban J connectivity index is 1.52. The van der Waals surface area contributed by atoms with Crippen LogP contribution in [-0.4, -0.2) is 40.4 Å². The summed E-state index contributed by atoms with van der Waals surface area (Å²) < 4.78 is 13.8. The van der Waals surface area contributed by atoms with E-state index in [1.54, 1.807) is 0 Å². The number of rotatable bonds is 1. The Morgan fingerprint density at radius 1 is 1.12 bits per heavy atom. The van der Waals surface area contributed by atoms with Gasteiger partial charge in [0.05, 0.1) is 24.1 Å². The van der Waals surface area contributed by atoms with E-state index < -0.39 is 0 Å².